The van der Waals surface area contributed by atoms with E-state index in [4.69, 9.17) is 14.2 Å². The highest BCUT2D eigenvalue weighted by Gasteiger charge is 2.37. The third-order valence-corrected chi connectivity index (χ3v) is 3.63. The second-order valence-corrected chi connectivity index (χ2v) is 5.53. The SMILES string of the molecule is CCOC(=O)C[C@H]1CN(C(=O)OCc2ccccc2)N=C1C(=O)OCC. The summed E-state index contributed by atoms with van der Waals surface area (Å²) in [5.41, 5.74) is 0.856. The molecule has 1 amide bonds. The van der Waals surface area contributed by atoms with E-state index in [0.717, 1.165) is 10.6 Å². The van der Waals surface area contributed by atoms with E-state index in [1.54, 1.807) is 13.8 Å². The van der Waals surface area contributed by atoms with Crippen LogP contribution in [0.4, 0.5) is 4.79 Å². The number of ether oxygens (including phenoxy) is 3. The van der Waals surface area contributed by atoms with Crippen LogP contribution in [0.15, 0.2) is 35.4 Å². The minimum absolute atomic E-state index is 0.0246. The maximum absolute atomic E-state index is 12.2. The van der Waals surface area contributed by atoms with Gasteiger partial charge < -0.3 is 14.2 Å². The lowest BCUT2D eigenvalue weighted by atomic mass is 10.0. The quantitative estimate of drug-likeness (QED) is 0.545. The number of amides is 1. The second-order valence-electron chi connectivity index (χ2n) is 5.53. The Balaban J connectivity index is 2.02. The second kappa shape index (κ2) is 9.55. The summed E-state index contributed by atoms with van der Waals surface area (Å²) >= 11 is 0. The van der Waals surface area contributed by atoms with Crippen molar-refractivity contribution in [3.63, 3.8) is 0 Å². The van der Waals surface area contributed by atoms with E-state index in [2.05, 4.69) is 5.10 Å². The fourth-order valence-corrected chi connectivity index (χ4v) is 2.45. The van der Waals surface area contributed by atoms with Crippen molar-refractivity contribution < 1.29 is 28.6 Å². The van der Waals surface area contributed by atoms with E-state index in [1.165, 1.54) is 0 Å². The zero-order valence-corrected chi connectivity index (χ0v) is 14.8. The molecule has 1 aliphatic heterocycles. The highest BCUT2D eigenvalue weighted by molar-refractivity contribution is 6.38. The Morgan fingerprint density at radius 1 is 1.08 bits per heavy atom. The van der Waals surface area contributed by atoms with Gasteiger partial charge >= 0.3 is 18.0 Å². The van der Waals surface area contributed by atoms with Crippen LogP contribution in [-0.4, -0.2) is 48.5 Å². The Hall–Kier alpha value is -2.90. The molecule has 0 saturated carbocycles. The molecule has 0 saturated heterocycles. The molecule has 0 radical (unpaired) electrons. The van der Waals surface area contributed by atoms with E-state index < -0.39 is 23.9 Å². The molecule has 2 rings (SSSR count). The average molecular weight is 362 g/mol. The molecular weight excluding hydrogens is 340 g/mol. The van der Waals surface area contributed by atoms with Crippen LogP contribution in [-0.2, 0) is 30.4 Å². The van der Waals surface area contributed by atoms with Gasteiger partial charge in [0.15, 0.2) is 5.71 Å². The molecule has 8 nitrogen and oxygen atoms in total. The van der Waals surface area contributed by atoms with Gasteiger partial charge in [-0.1, -0.05) is 30.3 Å². The van der Waals surface area contributed by atoms with Crippen molar-refractivity contribution >= 4 is 23.7 Å². The predicted octanol–water partition coefficient (Wildman–Crippen LogP) is 2.13. The van der Waals surface area contributed by atoms with Crippen LogP contribution in [0.25, 0.3) is 0 Å². The molecule has 0 bridgehead atoms. The largest absolute Gasteiger partial charge is 0.466 e. The maximum Gasteiger partial charge on any atom is 0.430 e. The van der Waals surface area contributed by atoms with Crippen molar-refractivity contribution in [1.29, 1.82) is 0 Å². The van der Waals surface area contributed by atoms with E-state index in [1.807, 2.05) is 30.3 Å². The van der Waals surface area contributed by atoms with E-state index in [0.29, 0.717) is 0 Å². The third-order valence-electron chi connectivity index (χ3n) is 3.63. The van der Waals surface area contributed by atoms with Gasteiger partial charge in [-0.2, -0.15) is 10.1 Å². The zero-order chi connectivity index (χ0) is 18.9. The van der Waals surface area contributed by atoms with Crippen LogP contribution in [0.1, 0.15) is 25.8 Å². The fourth-order valence-electron chi connectivity index (χ4n) is 2.45. The highest BCUT2D eigenvalue weighted by atomic mass is 16.6. The van der Waals surface area contributed by atoms with Crippen LogP contribution >= 0.6 is 0 Å². The van der Waals surface area contributed by atoms with E-state index in [-0.39, 0.29) is 38.5 Å². The van der Waals surface area contributed by atoms with Crippen molar-refractivity contribution in [3.05, 3.63) is 35.9 Å². The van der Waals surface area contributed by atoms with Gasteiger partial charge in [0, 0.05) is 5.92 Å². The summed E-state index contributed by atoms with van der Waals surface area (Å²) in [5, 5.41) is 5.05. The van der Waals surface area contributed by atoms with Gasteiger partial charge in [-0.15, -0.1) is 0 Å². The van der Waals surface area contributed by atoms with Gasteiger partial charge in [-0.3, -0.25) is 4.79 Å². The number of carbonyl (C=O) groups excluding carboxylic acids is 3. The molecule has 0 fully saturated rings. The van der Waals surface area contributed by atoms with Gasteiger partial charge in [0.2, 0.25) is 0 Å². The Kier molecular flexibility index (Phi) is 7.13. The molecule has 0 aromatic heterocycles. The first-order valence-electron chi connectivity index (χ1n) is 8.44. The average Bonchev–Trinajstić information content (AvgIpc) is 3.05. The first-order valence-corrected chi connectivity index (χ1v) is 8.44. The number of esters is 2. The summed E-state index contributed by atoms with van der Waals surface area (Å²) in [5.74, 6) is -1.70. The molecular formula is C18H22N2O6. The van der Waals surface area contributed by atoms with Crippen LogP contribution in [0, 0.1) is 5.92 Å². The maximum atomic E-state index is 12.2. The van der Waals surface area contributed by atoms with Crippen molar-refractivity contribution in [3.8, 4) is 0 Å². The first-order chi connectivity index (χ1) is 12.5. The first kappa shape index (κ1) is 19.4. The van der Waals surface area contributed by atoms with Gasteiger partial charge in [0.1, 0.15) is 6.61 Å². The Morgan fingerprint density at radius 2 is 1.77 bits per heavy atom. The summed E-state index contributed by atoms with van der Waals surface area (Å²) in [6, 6.07) is 9.20. The number of nitrogens with zero attached hydrogens (tertiary/aromatic N) is 2. The number of hydrazone groups is 1. The minimum atomic E-state index is -0.693. The Labute approximate surface area is 151 Å². The molecule has 0 spiro atoms. The van der Waals surface area contributed by atoms with Crippen LogP contribution in [0.3, 0.4) is 0 Å². The zero-order valence-electron chi connectivity index (χ0n) is 14.8. The van der Waals surface area contributed by atoms with Gasteiger partial charge in [-0.05, 0) is 19.4 Å². The number of hydrogen-bond donors (Lipinski definition) is 0. The number of benzene rings is 1. The lowest BCUT2D eigenvalue weighted by molar-refractivity contribution is -0.143. The van der Waals surface area contributed by atoms with Crippen molar-refractivity contribution in [2.75, 3.05) is 19.8 Å². The van der Waals surface area contributed by atoms with Crippen molar-refractivity contribution in [1.82, 2.24) is 5.01 Å². The van der Waals surface area contributed by atoms with E-state index in [9.17, 15) is 14.4 Å². The Morgan fingerprint density at radius 3 is 2.42 bits per heavy atom. The van der Waals surface area contributed by atoms with Gasteiger partial charge in [0.05, 0.1) is 26.2 Å². The molecule has 1 heterocycles. The monoisotopic (exact) mass is 362 g/mol. The molecule has 1 aromatic carbocycles. The third kappa shape index (κ3) is 5.30. The van der Waals surface area contributed by atoms with Crippen molar-refractivity contribution in [2.45, 2.75) is 26.9 Å². The molecule has 0 unspecified atom stereocenters. The predicted molar refractivity (Wildman–Crippen MR) is 92.1 cm³/mol. The lowest BCUT2D eigenvalue weighted by Gasteiger charge is -2.14. The van der Waals surface area contributed by atoms with Crippen LogP contribution in [0.2, 0.25) is 0 Å². The normalized spacial score (nSPS) is 16.0. The topological polar surface area (TPSA) is 94.5 Å². The highest BCUT2D eigenvalue weighted by Crippen LogP contribution is 2.20. The number of hydrogen-bond acceptors (Lipinski definition) is 7. The van der Waals surface area contributed by atoms with Gasteiger partial charge in [0.25, 0.3) is 0 Å². The smallest absolute Gasteiger partial charge is 0.430 e. The fraction of sp³-hybridized carbons (Fsp3) is 0.444. The molecule has 8 heteroatoms. The van der Waals surface area contributed by atoms with Crippen LogP contribution in [0.5, 0.6) is 0 Å². The Bertz CT molecular complexity index is 674. The molecule has 1 atom stereocenters. The number of rotatable bonds is 7. The van der Waals surface area contributed by atoms with Gasteiger partial charge in [-0.25, -0.2) is 9.59 Å². The summed E-state index contributed by atoms with van der Waals surface area (Å²) in [6.45, 7) is 3.91. The molecule has 1 aliphatic rings. The summed E-state index contributed by atoms with van der Waals surface area (Å²) in [6.07, 6.45) is -0.754. The standard InChI is InChI=1S/C18H22N2O6/c1-3-24-15(21)10-14-11-20(19-16(14)17(22)25-4-2)18(23)26-12-13-8-6-5-7-9-13/h5-9,14H,3-4,10-12H2,1-2H3/t14-/m0/s1. The van der Waals surface area contributed by atoms with Crippen LogP contribution < -0.4 is 0 Å². The molecule has 26 heavy (non-hydrogen) atoms. The lowest BCUT2D eigenvalue weighted by Crippen LogP contribution is -2.30. The summed E-state index contributed by atoms with van der Waals surface area (Å²) in [7, 11) is 0. The minimum Gasteiger partial charge on any atom is -0.466 e. The molecule has 0 N–H and O–H groups in total. The summed E-state index contributed by atoms with van der Waals surface area (Å²) < 4.78 is 15.1. The molecule has 140 valence electrons. The number of carbonyl (C=O) groups is 3. The molecule has 0 aliphatic carbocycles. The van der Waals surface area contributed by atoms with E-state index >= 15 is 0 Å². The molecule has 1 aromatic rings. The summed E-state index contributed by atoms with van der Waals surface area (Å²) in [4.78, 5) is 36.0. The van der Waals surface area contributed by atoms with Crippen molar-refractivity contribution in [2.24, 2.45) is 11.0 Å².